The number of benzene rings is 1. The smallest absolute Gasteiger partial charge is 0.356 e. The molecule has 30 heavy (non-hydrogen) atoms. The molecule has 0 saturated carbocycles. The SMILES string of the molecule is CN(C)C(=O)CNC(=NCc1ccc(F)cc1C(F)(F)F)NCCc1cccs1.I. The highest BCUT2D eigenvalue weighted by Gasteiger charge is 2.33. The molecule has 1 aromatic heterocycles. The number of aliphatic imine (C=N–C) groups is 1. The van der Waals surface area contributed by atoms with E-state index in [4.69, 9.17) is 0 Å². The highest BCUT2D eigenvalue weighted by atomic mass is 127. The zero-order valence-corrected chi connectivity index (χ0v) is 19.6. The van der Waals surface area contributed by atoms with Gasteiger partial charge in [0.25, 0.3) is 0 Å². The van der Waals surface area contributed by atoms with E-state index < -0.39 is 17.6 Å². The minimum Gasteiger partial charge on any atom is -0.356 e. The van der Waals surface area contributed by atoms with Crippen molar-refractivity contribution in [3.8, 4) is 0 Å². The zero-order valence-electron chi connectivity index (χ0n) is 16.4. The quantitative estimate of drug-likeness (QED) is 0.235. The lowest BCUT2D eigenvalue weighted by Crippen LogP contribution is -2.43. The van der Waals surface area contributed by atoms with Gasteiger partial charge < -0.3 is 15.5 Å². The minimum absolute atomic E-state index is 0. The van der Waals surface area contributed by atoms with Crippen LogP contribution in [0.2, 0.25) is 0 Å². The molecule has 2 aromatic rings. The van der Waals surface area contributed by atoms with Crippen molar-refractivity contribution in [3.63, 3.8) is 0 Å². The summed E-state index contributed by atoms with van der Waals surface area (Å²) in [5.41, 5.74) is -1.22. The lowest BCUT2D eigenvalue weighted by Gasteiger charge is -2.16. The van der Waals surface area contributed by atoms with Crippen molar-refractivity contribution in [2.24, 2.45) is 4.99 Å². The summed E-state index contributed by atoms with van der Waals surface area (Å²) in [6, 6.07) is 6.39. The maximum Gasteiger partial charge on any atom is 0.416 e. The summed E-state index contributed by atoms with van der Waals surface area (Å²) in [6.07, 6.45) is -3.99. The maximum absolute atomic E-state index is 13.3. The molecule has 1 aromatic carbocycles. The van der Waals surface area contributed by atoms with E-state index in [-0.39, 0.29) is 54.5 Å². The number of halogens is 5. The summed E-state index contributed by atoms with van der Waals surface area (Å²) in [5.74, 6) is -0.973. The number of likely N-dealkylation sites (N-methyl/N-ethyl adjacent to an activating group) is 1. The first-order chi connectivity index (χ1) is 13.7. The van der Waals surface area contributed by atoms with Crippen LogP contribution in [-0.4, -0.2) is 44.0 Å². The summed E-state index contributed by atoms with van der Waals surface area (Å²) in [5, 5.41) is 7.78. The largest absolute Gasteiger partial charge is 0.416 e. The molecule has 5 nitrogen and oxygen atoms in total. The van der Waals surface area contributed by atoms with Gasteiger partial charge >= 0.3 is 6.18 Å². The summed E-state index contributed by atoms with van der Waals surface area (Å²) in [7, 11) is 3.19. The van der Waals surface area contributed by atoms with E-state index in [9.17, 15) is 22.4 Å². The van der Waals surface area contributed by atoms with E-state index >= 15 is 0 Å². The number of hydrogen-bond donors (Lipinski definition) is 2. The van der Waals surface area contributed by atoms with Crippen LogP contribution in [0, 0.1) is 5.82 Å². The Balaban J connectivity index is 0.00000450. The first-order valence-electron chi connectivity index (χ1n) is 8.77. The molecule has 0 saturated heterocycles. The van der Waals surface area contributed by atoms with E-state index in [1.807, 2.05) is 17.5 Å². The van der Waals surface area contributed by atoms with Crippen LogP contribution in [0.5, 0.6) is 0 Å². The number of nitrogens with one attached hydrogen (secondary N) is 2. The third-order valence-electron chi connectivity index (χ3n) is 3.93. The Kier molecular flexibility index (Phi) is 10.5. The predicted octanol–water partition coefficient (Wildman–Crippen LogP) is 3.89. The lowest BCUT2D eigenvalue weighted by molar-refractivity contribution is -0.138. The first kappa shape index (κ1) is 26.1. The molecule has 0 radical (unpaired) electrons. The number of carbonyl (C=O) groups excluding carboxylic acids is 1. The van der Waals surface area contributed by atoms with Crippen molar-refractivity contribution in [2.45, 2.75) is 19.1 Å². The van der Waals surface area contributed by atoms with E-state index in [0.717, 1.165) is 17.0 Å². The van der Waals surface area contributed by atoms with Crippen LogP contribution in [0.25, 0.3) is 0 Å². The van der Waals surface area contributed by atoms with Crippen molar-refractivity contribution < 1.29 is 22.4 Å². The first-order valence-corrected chi connectivity index (χ1v) is 9.65. The van der Waals surface area contributed by atoms with Crippen LogP contribution in [0.4, 0.5) is 17.6 Å². The van der Waals surface area contributed by atoms with Gasteiger partial charge in [-0.2, -0.15) is 13.2 Å². The topological polar surface area (TPSA) is 56.7 Å². The molecule has 0 spiro atoms. The van der Waals surface area contributed by atoms with Gasteiger partial charge in [0.2, 0.25) is 5.91 Å². The zero-order chi connectivity index (χ0) is 21.4. The highest BCUT2D eigenvalue weighted by molar-refractivity contribution is 14.0. The van der Waals surface area contributed by atoms with Gasteiger partial charge in [-0.1, -0.05) is 12.1 Å². The van der Waals surface area contributed by atoms with Crippen molar-refractivity contribution in [1.29, 1.82) is 0 Å². The molecule has 2 N–H and O–H groups in total. The Labute approximate surface area is 193 Å². The minimum atomic E-state index is -4.69. The number of guanidine groups is 1. The molecule has 0 aliphatic rings. The average molecular weight is 558 g/mol. The van der Waals surface area contributed by atoms with Crippen molar-refractivity contribution in [3.05, 3.63) is 57.5 Å². The number of rotatable bonds is 7. The van der Waals surface area contributed by atoms with Crippen molar-refractivity contribution in [1.82, 2.24) is 15.5 Å². The van der Waals surface area contributed by atoms with Crippen LogP contribution < -0.4 is 10.6 Å². The van der Waals surface area contributed by atoms with Crippen LogP contribution in [-0.2, 0) is 23.9 Å². The molecule has 1 amide bonds. The van der Waals surface area contributed by atoms with E-state index in [1.54, 1.807) is 25.4 Å². The Bertz CT molecular complexity index is 842. The summed E-state index contributed by atoms with van der Waals surface area (Å²) in [6.45, 7) is 0.102. The van der Waals surface area contributed by atoms with E-state index in [1.165, 1.54) is 4.90 Å². The molecule has 0 aliphatic carbocycles. The molecule has 11 heteroatoms. The van der Waals surface area contributed by atoms with Crippen LogP contribution >= 0.6 is 35.3 Å². The van der Waals surface area contributed by atoms with Crippen LogP contribution in [0.1, 0.15) is 16.0 Å². The Hall–Kier alpha value is -1.89. The second kappa shape index (κ2) is 12.1. The standard InChI is InChI=1S/C19H22F4N4OS.HI/c1-27(2)17(28)12-26-18(24-8-7-15-4-3-9-29-15)25-11-13-5-6-14(20)10-16(13)19(21,22)23;/h3-6,9-10H,7-8,11-12H2,1-2H3,(H2,24,25,26);1H. The average Bonchev–Trinajstić information content (AvgIpc) is 3.16. The lowest BCUT2D eigenvalue weighted by atomic mass is 10.1. The molecular weight excluding hydrogens is 535 g/mol. The van der Waals surface area contributed by atoms with Crippen molar-refractivity contribution >= 4 is 47.2 Å². The Morgan fingerprint density at radius 1 is 1.20 bits per heavy atom. The molecule has 0 fully saturated rings. The summed E-state index contributed by atoms with van der Waals surface area (Å²) >= 11 is 1.59. The third kappa shape index (κ3) is 8.46. The van der Waals surface area contributed by atoms with E-state index in [2.05, 4.69) is 15.6 Å². The highest BCUT2D eigenvalue weighted by Crippen LogP contribution is 2.32. The van der Waals surface area contributed by atoms with Crippen molar-refractivity contribution in [2.75, 3.05) is 27.2 Å². The van der Waals surface area contributed by atoms with Gasteiger partial charge in [-0.3, -0.25) is 4.79 Å². The molecule has 2 rings (SSSR count). The maximum atomic E-state index is 13.3. The second-order valence-electron chi connectivity index (χ2n) is 6.36. The fourth-order valence-corrected chi connectivity index (χ4v) is 3.07. The Morgan fingerprint density at radius 2 is 1.93 bits per heavy atom. The number of nitrogens with zero attached hydrogens (tertiary/aromatic N) is 2. The van der Waals surface area contributed by atoms with Gasteiger partial charge in [0.1, 0.15) is 5.82 Å². The van der Waals surface area contributed by atoms with E-state index in [0.29, 0.717) is 19.0 Å². The van der Waals surface area contributed by atoms with Crippen LogP contribution in [0.15, 0.2) is 40.7 Å². The van der Waals surface area contributed by atoms with Gasteiger partial charge in [0.15, 0.2) is 5.96 Å². The molecule has 0 unspecified atom stereocenters. The molecule has 0 aliphatic heterocycles. The number of hydrogen-bond acceptors (Lipinski definition) is 3. The second-order valence-corrected chi connectivity index (χ2v) is 7.39. The monoisotopic (exact) mass is 558 g/mol. The molecule has 166 valence electrons. The van der Waals surface area contributed by atoms with Gasteiger partial charge in [-0.05, 0) is 35.6 Å². The molecular formula is C19H23F4IN4OS. The van der Waals surface area contributed by atoms with Gasteiger partial charge in [-0.15, -0.1) is 35.3 Å². The number of thiophene rings is 1. The van der Waals surface area contributed by atoms with Gasteiger partial charge in [-0.25, -0.2) is 9.38 Å². The third-order valence-corrected chi connectivity index (χ3v) is 4.87. The fourth-order valence-electron chi connectivity index (χ4n) is 2.37. The molecule has 0 atom stereocenters. The fraction of sp³-hybridized carbons (Fsp3) is 0.368. The van der Waals surface area contributed by atoms with Crippen LogP contribution in [0.3, 0.4) is 0 Å². The predicted molar refractivity (Wildman–Crippen MR) is 121 cm³/mol. The number of carbonyl (C=O) groups is 1. The van der Waals surface area contributed by atoms with Gasteiger partial charge in [0, 0.05) is 25.5 Å². The van der Waals surface area contributed by atoms with Gasteiger partial charge in [0.05, 0.1) is 18.7 Å². The number of amides is 1. The summed E-state index contributed by atoms with van der Waals surface area (Å²) in [4.78, 5) is 18.5. The normalized spacial score (nSPS) is 11.6. The molecule has 0 bridgehead atoms. The summed E-state index contributed by atoms with van der Waals surface area (Å²) < 4.78 is 52.7. The molecule has 1 heterocycles. The number of alkyl halides is 3. The Morgan fingerprint density at radius 3 is 2.53 bits per heavy atom.